The van der Waals surface area contributed by atoms with Gasteiger partial charge < -0.3 is 0 Å². The lowest BCUT2D eigenvalue weighted by molar-refractivity contribution is -0.0421. The standard InChI is InChI=1S/C17H32F2N4O2S/c1-15(2)20-11-13-21(14-12-20)16-3-7-22(8-4-16)26(24,25)23-9-5-17(18,19)6-10-23/h15-16H,3-14H2,1-2H3. The molecule has 3 aliphatic rings. The van der Waals surface area contributed by atoms with E-state index >= 15 is 0 Å². The van der Waals surface area contributed by atoms with Gasteiger partial charge in [-0.25, -0.2) is 8.78 Å². The molecule has 26 heavy (non-hydrogen) atoms. The maximum Gasteiger partial charge on any atom is 0.281 e. The zero-order chi connectivity index (χ0) is 18.9. The molecular weight excluding hydrogens is 362 g/mol. The quantitative estimate of drug-likeness (QED) is 0.724. The third-order valence-electron chi connectivity index (χ3n) is 6.13. The number of nitrogens with zero attached hydrogens (tertiary/aromatic N) is 4. The fourth-order valence-electron chi connectivity index (χ4n) is 4.26. The number of alkyl halides is 2. The van der Waals surface area contributed by atoms with Gasteiger partial charge in [-0.05, 0) is 26.7 Å². The summed E-state index contributed by atoms with van der Waals surface area (Å²) in [7, 11) is -3.60. The molecule has 152 valence electrons. The fourth-order valence-corrected chi connectivity index (χ4v) is 5.91. The van der Waals surface area contributed by atoms with E-state index in [2.05, 4.69) is 23.6 Å². The molecule has 3 fully saturated rings. The molecule has 0 atom stereocenters. The Morgan fingerprint density at radius 3 is 1.85 bits per heavy atom. The Bertz CT molecular complexity index is 561. The molecule has 0 radical (unpaired) electrons. The molecule has 0 unspecified atom stereocenters. The second kappa shape index (κ2) is 7.95. The van der Waals surface area contributed by atoms with Crippen LogP contribution in [-0.2, 0) is 10.2 Å². The molecule has 3 heterocycles. The topological polar surface area (TPSA) is 47.1 Å². The van der Waals surface area contributed by atoms with Gasteiger partial charge in [0.2, 0.25) is 0 Å². The largest absolute Gasteiger partial charge is 0.298 e. The van der Waals surface area contributed by atoms with Crippen molar-refractivity contribution in [2.75, 3.05) is 52.4 Å². The predicted octanol–water partition coefficient (Wildman–Crippen LogP) is 1.45. The Kier molecular flexibility index (Phi) is 6.23. The van der Waals surface area contributed by atoms with E-state index in [4.69, 9.17) is 0 Å². The average molecular weight is 395 g/mol. The first-order valence-corrected chi connectivity index (χ1v) is 11.2. The molecule has 6 nitrogen and oxygen atoms in total. The summed E-state index contributed by atoms with van der Waals surface area (Å²) >= 11 is 0. The lowest BCUT2D eigenvalue weighted by Crippen LogP contribution is -2.56. The van der Waals surface area contributed by atoms with Gasteiger partial charge >= 0.3 is 0 Å². The van der Waals surface area contributed by atoms with Crippen LogP contribution in [0.1, 0.15) is 39.5 Å². The molecule has 0 aromatic heterocycles. The molecule has 0 aromatic rings. The maximum absolute atomic E-state index is 13.3. The number of rotatable bonds is 4. The Balaban J connectivity index is 1.49. The minimum atomic E-state index is -3.60. The van der Waals surface area contributed by atoms with E-state index < -0.39 is 16.1 Å². The smallest absolute Gasteiger partial charge is 0.281 e. The van der Waals surface area contributed by atoms with Crippen LogP contribution in [0.5, 0.6) is 0 Å². The van der Waals surface area contributed by atoms with E-state index in [0.29, 0.717) is 25.2 Å². The van der Waals surface area contributed by atoms with Crippen LogP contribution in [-0.4, -0.2) is 97.2 Å². The van der Waals surface area contributed by atoms with Crippen molar-refractivity contribution in [3.05, 3.63) is 0 Å². The minimum Gasteiger partial charge on any atom is -0.298 e. The minimum absolute atomic E-state index is 0.0770. The SMILES string of the molecule is CC(C)N1CCN(C2CCN(S(=O)(=O)N3CCC(F)(F)CC3)CC2)CC1. The van der Waals surface area contributed by atoms with Crippen molar-refractivity contribution in [2.45, 2.75) is 57.5 Å². The van der Waals surface area contributed by atoms with Crippen LogP contribution in [0.25, 0.3) is 0 Å². The first-order valence-electron chi connectivity index (χ1n) is 9.80. The lowest BCUT2D eigenvalue weighted by Gasteiger charge is -2.44. The summed E-state index contributed by atoms with van der Waals surface area (Å²) in [6.07, 6.45) is 0.904. The van der Waals surface area contributed by atoms with Gasteiger partial charge in [-0.2, -0.15) is 17.0 Å². The molecular formula is C17H32F2N4O2S. The van der Waals surface area contributed by atoms with Gasteiger partial charge in [-0.1, -0.05) is 0 Å². The first-order chi connectivity index (χ1) is 12.2. The highest BCUT2D eigenvalue weighted by atomic mass is 32.2. The van der Waals surface area contributed by atoms with Gasteiger partial charge in [-0.3, -0.25) is 9.80 Å². The summed E-state index contributed by atoms with van der Waals surface area (Å²) in [5.41, 5.74) is 0. The monoisotopic (exact) mass is 394 g/mol. The lowest BCUT2D eigenvalue weighted by atomic mass is 10.0. The zero-order valence-electron chi connectivity index (χ0n) is 15.9. The van der Waals surface area contributed by atoms with E-state index in [1.807, 2.05) is 0 Å². The molecule has 0 aliphatic carbocycles. The molecule has 0 saturated carbocycles. The molecule has 3 saturated heterocycles. The van der Waals surface area contributed by atoms with Crippen LogP contribution in [0.2, 0.25) is 0 Å². The van der Waals surface area contributed by atoms with Crippen LogP contribution >= 0.6 is 0 Å². The van der Waals surface area contributed by atoms with E-state index in [1.54, 1.807) is 0 Å². The summed E-state index contributed by atoms with van der Waals surface area (Å²) in [6, 6.07) is 1.00. The molecule has 0 N–H and O–H groups in total. The van der Waals surface area contributed by atoms with E-state index in [-0.39, 0.29) is 25.9 Å². The number of hydrogen-bond donors (Lipinski definition) is 0. The van der Waals surface area contributed by atoms with Crippen LogP contribution in [0.4, 0.5) is 8.78 Å². The van der Waals surface area contributed by atoms with Gasteiger partial charge in [0.1, 0.15) is 0 Å². The van der Waals surface area contributed by atoms with Crippen molar-refractivity contribution < 1.29 is 17.2 Å². The molecule has 0 aromatic carbocycles. The van der Waals surface area contributed by atoms with Gasteiger partial charge in [0.05, 0.1) is 0 Å². The number of piperazine rings is 1. The third-order valence-corrected chi connectivity index (χ3v) is 8.16. The van der Waals surface area contributed by atoms with E-state index in [0.717, 1.165) is 39.0 Å². The Morgan fingerprint density at radius 2 is 1.35 bits per heavy atom. The van der Waals surface area contributed by atoms with Crippen LogP contribution in [0, 0.1) is 0 Å². The molecule has 9 heteroatoms. The van der Waals surface area contributed by atoms with Crippen LogP contribution in [0.15, 0.2) is 0 Å². The molecule has 3 aliphatic heterocycles. The summed E-state index contributed by atoms with van der Waals surface area (Å²) in [5.74, 6) is -2.73. The zero-order valence-corrected chi connectivity index (χ0v) is 16.7. The highest BCUT2D eigenvalue weighted by molar-refractivity contribution is 7.86. The fraction of sp³-hybridized carbons (Fsp3) is 1.00. The number of piperidine rings is 2. The van der Waals surface area contributed by atoms with E-state index in [1.165, 1.54) is 8.61 Å². The summed E-state index contributed by atoms with van der Waals surface area (Å²) in [6.45, 7) is 9.47. The second-order valence-electron chi connectivity index (χ2n) is 8.06. The van der Waals surface area contributed by atoms with Crippen molar-refractivity contribution in [1.29, 1.82) is 0 Å². The van der Waals surface area contributed by atoms with Gasteiger partial charge in [-0.15, -0.1) is 0 Å². The van der Waals surface area contributed by atoms with Gasteiger partial charge in [0.15, 0.2) is 0 Å². The molecule has 0 amide bonds. The normalized spacial score (nSPS) is 28.7. The van der Waals surface area contributed by atoms with E-state index in [9.17, 15) is 17.2 Å². The Morgan fingerprint density at radius 1 is 0.846 bits per heavy atom. The Hall–Kier alpha value is -0.350. The van der Waals surface area contributed by atoms with Crippen molar-refractivity contribution >= 4 is 10.2 Å². The van der Waals surface area contributed by atoms with Crippen molar-refractivity contribution in [3.63, 3.8) is 0 Å². The van der Waals surface area contributed by atoms with Crippen LogP contribution < -0.4 is 0 Å². The van der Waals surface area contributed by atoms with Gasteiger partial charge in [0, 0.05) is 77.3 Å². The molecule has 0 spiro atoms. The van der Waals surface area contributed by atoms with Crippen molar-refractivity contribution in [3.8, 4) is 0 Å². The highest BCUT2D eigenvalue weighted by Gasteiger charge is 2.41. The predicted molar refractivity (Wildman–Crippen MR) is 97.6 cm³/mol. The molecule has 3 rings (SSSR count). The second-order valence-corrected chi connectivity index (χ2v) is 9.99. The summed E-state index contributed by atoms with van der Waals surface area (Å²) in [5, 5.41) is 0. The average Bonchev–Trinajstić information content (AvgIpc) is 2.61. The van der Waals surface area contributed by atoms with Crippen molar-refractivity contribution in [1.82, 2.24) is 18.4 Å². The third kappa shape index (κ3) is 4.55. The highest BCUT2D eigenvalue weighted by Crippen LogP contribution is 2.30. The van der Waals surface area contributed by atoms with Gasteiger partial charge in [0.25, 0.3) is 16.1 Å². The van der Waals surface area contributed by atoms with Crippen LogP contribution in [0.3, 0.4) is 0 Å². The van der Waals surface area contributed by atoms with Crippen molar-refractivity contribution in [2.24, 2.45) is 0 Å². The summed E-state index contributed by atoms with van der Waals surface area (Å²) in [4.78, 5) is 4.96. The first kappa shape index (κ1) is 20.4. The Labute approximate surface area is 156 Å². The number of halogens is 2. The maximum atomic E-state index is 13.3. The number of hydrogen-bond acceptors (Lipinski definition) is 4. The molecule has 0 bridgehead atoms. The summed E-state index contributed by atoms with van der Waals surface area (Å²) < 4.78 is 54.8.